The van der Waals surface area contributed by atoms with Gasteiger partial charge in [-0.2, -0.15) is 0 Å². The quantitative estimate of drug-likeness (QED) is 0.756. The van der Waals surface area contributed by atoms with E-state index in [1.807, 2.05) is 62.4 Å². The predicted octanol–water partition coefficient (Wildman–Crippen LogP) is 1.91. The van der Waals surface area contributed by atoms with Crippen molar-refractivity contribution in [1.29, 1.82) is 0 Å². The Morgan fingerprint density at radius 3 is 2.56 bits per heavy atom. The van der Waals surface area contributed by atoms with Gasteiger partial charge in [-0.1, -0.05) is 42.5 Å². The summed E-state index contributed by atoms with van der Waals surface area (Å²) in [7, 11) is 0. The van der Waals surface area contributed by atoms with E-state index in [1.165, 1.54) is 0 Å². The van der Waals surface area contributed by atoms with Crippen LogP contribution in [0.1, 0.15) is 42.0 Å². The largest absolute Gasteiger partial charge is 0.365 e. The maximum atomic E-state index is 13.4. The average Bonchev–Trinajstić information content (AvgIpc) is 2.66. The molecule has 1 unspecified atom stereocenters. The highest BCUT2D eigenvalue weighted by Crippen LogP contribution is 2.20. The van der Waals surface area contributed by atoms with Crippen LogP contribution in [-0.4, -0.2) is 24.4 Å². The monoisotopic (exact) mass is 366 g/mol. The van der Waals surface area contributed by atoms with E-state index in [9.17, 15) is 9.59 Å². The molecule has 0 aliphatic carbocycles. The van der Waals surface area contributed by atoms with E-state index < -0.39 is 6.04 Å². The zero-order valence-electron chi connectivity index (χ0n) is 16.0. The van der Waals surface area contributed by atoms with Crippen LogP contribution in [0.15, 0.2) is 48.5 Å². The van der Waals surface area contributed by atoms with Gasteiger partial charge in [0.05, 0.1) is 6.54 Å². The Kier molecular flexibility index (Phi) is 5.91. The van der Waals surface area contributed by atoms with Gasteiger partial charge in [0.15, 0.2) is 12.1 Å². The summed E-state index contributed by atoms with van der Waals surface area (Å²) >= 11 is 0. The molecule has 0 aromatic heterocycles. The lowest BCUT2D eigenvalue weighted by atomic mass is 9.95. The standard InChI is InChI=1S/C22H27N3O2/c1-15-11-12-16(2)18(14-15)24-22(27)20(17-8-4-3-5-9-17)25-13-7-6-10-19(25)21(23)26/h3-5,8-9,11-12,14,19-20H,6-7,10,13H2,1-2H3,(H2,23,26)(H,24,27)/p+1/t19-,20-/m1/s1. The number of primary amides is 1. The Morgan fingerprint density at radius 1 is 1.11 bits per heavy atom. The topological polar surface area (TPSA) is 76.6 Å². The van der Waals surface area contributed by atoms with Crippen molar-refractivity contribution in [3.05, 3.63) is 65.2 Å². The molecule has 1 aliphatic heterocycles. The minimum atomic E-state index is -0.469. The third-order valence-corrected chi connectivity index (χ3v) is 5.42. The van der Waals surface area contributed by atoms with Crippen LogP contribution in [0.25, 0.3) is 0 Å². The van der Waals surface area contributed by atoms with Crippen LogP contribution in [0.2, 0.25) is 0 Å². The molecule has 1 fully saturated rings. The second-order valence-corrected chi connectivity index (χ2v) is 7.43. The molecule has 0 bridgehead atoms. The second-order valence-electron chi connectivity index (χ2n) is 7.43. The van der Waals surface area contributed by atoms with E-state index >= 15 is 0 Å². The fourth-order valence-electron chi connectivity index (χ4n) is 3.96. The number of piperidine rings is 1. The third-order valence-electron chi connectivity index (χ3n) is 5.42. The van der Waals surface area contributed by atoms with E-state index in [0.717, 1.165) is 53.1 Å². The summed E-state index contributed by atoms with van der Waals surface area (Å²) in [6.07, 6.45) is 2.68. The van der Waals surface area contributed by atoms with Gasteiger partial charge in [0, 0.05) is 17.7 Å². The molecule has 3 atom stereocenters. The Morgan fingerprint density at radius 2 is 1.85 bits per heavy atom. The van der Waals surface area contributed by atoms with Gasteiger partial charge in [-0.25, -0.2) is 0 Å². The van der Waals surface area contributed by atoms with Crippen LogP contribution < -0.4 is 16.0 Å². The zero-order chi connectivity index (χ0) is 19.4. The summed E-state index contributed by atoms with van der Waals surface area (Å²) < 4.78 is 0. The molecule has 0 saturated carbocycles. The van der Waals surface area contributed by atoms with E-state index in [1.54, 1.807) is 0 Å². The number of amides is 2. The second kappa shape index (κ2) is 8.35. The predicted molar refractivity (Wildman–Crippen MR) is 106 cm³/mol. The van der Waals surface area contributed by atoms with Crippen LogP contribution >= 0.6 is 0 Å². The minimum absolute atomic E-state index is 0.0990. The van der Waals surface area contributed by atoms with Crippen molar-refractivity contribution in [1.82, 2.24) is 0 Å². The molecule has 4 N–H and O–H groups in total. The van der Waals surface area contributed by atoms with Crippen molar-refractivity contribution < 1.29 is 14.5 Å². The molecule has 5 heteroatoms. The van der Waals surface area contributed by atoms with Crippen molar-refractivity contribution in [3.8, 4) is 0 Å². The molecule has 27 heavy (non-hydrogen) atoms. The van der Waals surface area contributed by atoms with Gasteiger partial charge in [0.1, 0.15) is 0 Å². The number of rotatable bonds is 5. The van der Waals surface area contributed by atoms with Crippen molar-refractivity contribution in [2.24, 2.45) is 5.73 Å². The van der Waals surface area contributed by atoms with Gasteiger partial charge in [0.2, 0.25) is 0 Å². The summed E-state index contributed by atoms with van der Waals surface area (Å²) in [6.45, 7) is 4.74. The van der Waals surface area contributed by atoms with Crippen LogP contribution in [0.5, 0.6) is 0 Å². The van der Waals surface area contributed by atoms with E-state index in [-0.39, 0.29) is 17.9 Å². The highest BCUT2D eigenvalue weighted by molar-refractivity contribution is 5.95. The molecule has 2 aromatic rings. The van der Waals surface area contributed by atoms with Gasteiger partial charge in [0.25, 0.3) is 11.8 Å². The van der Waals surface area contributed by atoms with E-state index in [0.29, 0.717) is 0 Å². The van der Waals surface area contributed by atoms with Gasteiger partial charge in [-0.3, -0.25) is 9.59 Å². The molecule has 1 heterocycles. The molecule has 1 saturated heterocycles. The zero-order valence-corrected chi connectivity index (χ0v) is 16.0. The van der Waals surface area contributed by atoms with Gasteiger partial charge >= 0.3 is 0 Å². The number of hydrogen-bond donors (Lipinski definition) is 3. The van der Waals surface area contributed by atoms with Crippen molar-refractivity contribution >= 4 is 17.5 Å². The Balaban J connectivity index is 1.95. The molecule has 5 nitrogen and oxygen atoms in total. The number of benzene rings is 2. The molecule has 0 spiro atoms. The number of carbonyl (C=O) groups is 2. The van der Waals surface area contributed by atoms with Crippen molar-refractivity contribution in [2.45, 2.75) is 45.2 Å². The molecule has 1 aliphatic rings. The molecule has 2 amide bonds. The average molecular weight is 366 g/mol. The first-order chi connectivity index (χ1) is 13.0. The lowest BCUT2D eigenvalue weighted by Gasteiger charge is -2.36. The van der Waals surface area contributed by atoms with Crippen molar-refractivity contribution in [3.63, 3.8) is 0 Å². The third kappa shape index (κ3) is 4.37. The Hall–Kier alpha value is -2.66. The first-order valence-corrected chi connectivity index (χ1v) is 9.55. The smallest absolute Gasteiger partial charge is 0.287 e. The van der Waals surface area contributed by atoms with Crippen molar-refractivity contribution in [2.75, 3.05) is 11.9 Å². The molecular formula is C22H28N3O2+. The Labute approximate surface area is 160 Å². The van der Waals surface area contributed by atoms with Gasteiger partial charge in [-0.15, -0.1) is 0 Å². The number of nitrogens with one attached hydrogen (secondary N) is 2. The normalized spacial score (nSPS) is 20.7. The number of nitrogens with two attached hydrogens (primary N) is 1. The van der Waals surface area contributed by atoms with E-state index in [4.69, 9.17) is 5.73 Å². The lowest BCUT2D eigenvalue weighted by molar-refractivity contribution is -0.942. The van der Waals surface area contributed by atoms with Crippen LogP contribution in [0.4, 0.5) is 5.69 Å². The van der Waals surface area contributed by atoms with Gasteiger partial charge < -0.3 is 16.0 Å². The van der Waals surface area contributed by atoms with Crippen LogP contribution in [0, 0.1) is 13.8 Å². The number of quaternary nitrogens is 1. The molecule has 3 rings (SSSR count). The summed E-state index contributed by atoms with van der Waals surface area (Å²) in [5, 5.41) is 3.09. The Bertz CT molecular complexity index is 820. The maximum Gasteiger partial charge on any atom is 0.287 e. The highest BCUT2D eigenvalue weighted by atomic mass is 16.2. The molecule has 0 radical (unpaired) electrons. The lowest BCUT2D eigenvalue weighted by Crippen LogP contribution is -3.19. The summed E-state index contributed by atoms with van der Waals surface area (Å²) in [5.74, 6) is -0.428. The number of anilines is 1. The first-order valence-electron chi connectivity index (χ1n) is 9.55. The van der Waals surface area contributed by atoms with E-state index in [2.05, 4.69) is 5.32 Å². The summed E-state index contributed by atoms with van der Waals surface area (Å²) in [5.41, 5.74) is 9.50. The fraction of sp³-hybridized carbons (Fsp3) is 0.364. The molecular weight excluding hydrogens is 338 g/mol. The summed E-state index contributed by atoms with van der Waals surface area (Å²) in [6, 6.07) is 14.9. The van der Waals surface area contributed by atoms with Crippen LogP contribution in [0.3, 0.4) is 0 Å². The minimum Gasteiger partial charge on any atom is -0.365 e. The number of hydrogen-bond acceptors (Lipinski definition) is 2. The number of likely N-dealkylation sites (tertiary alicyclic amines) is 1. The maximum absolute atomic E-state index is 13.4. The molecule has 142 valence electrons. The fourth-order valence-corrected chi connectivity index (χ4v) is 3.96. The highest BCUT2D eigenvalue weighted by Gasteiger charge is 2.41. The first kappa shape index (κ1) is 19.1. The summed E-state index contributed by atoms with van der Waals surface area (Å²) in [4.78, 5) is 26.4. The SMILES string of the molecule is Cc1ccc(C)c(NC(=O)[C@@H](c2ccccc2)[NH+]2CCCC[C@@H]2C(N)=O)c1. The number of aryl methyl sites for hydroxylation is 2. The van der Waals surface area contributed by atoms with Crippen LogP contribution in [-0.2, 0) is 9.59 Å². The molecule has 2 aromatic carbocycles. The van der Waals surface area contributed by atoms with Gasteiger partial charge in [-0.05, 0) is 43.9 Å². The number of carbonyl (C=O) groups excluding carboxylic acids is 2.